The highest BCUT2D eigenvalue weighted by molar-refractivity contribution is 6.00. The van der Waals surface area contributed by atoms with Crippen molar-refractivity contribution in [1.82, 2.24) is 40.5 Å². The quantitative estimate of drug-likeness (QED) is 0.128. The van der Waals surface area contributed by atoms with Crippen LogP contribution in [-0.2, 0) is 12.8 Å². The number of rotatable bonds is 4. The SMILES string of the molecule is Cc1nc2cccc(-c3cc4c([nH]3)CCNC4=O)c2nc1F.Cc1nc2cccc(-c3cc4c([nH]3)CCNC4=O)c2nc1NC1CCC1.NC1CCC1. The number of anilines is 1. The van der Waals surface area contributed by atoms with Gasteiger partial charge in [0, 0.05) is 71.9 Å². The minimum atomic E-state index is -0.575. The normalized spacial score (nSPS) is 16.5. The number of hydrogen-bond donors (Lipinski definition) is 6. The number of halogens is 1. The van der Waals surface area contributed by atoms with Crippen LogP contribution in [0.5, 0.6) is 0 Å². The van der Waals surface area contributed by atoms with E-state index in [4.69, 9.17) is 15.7 Å². The predicted molar refractivity (Wildman–Crippen MR) is 203 cm³/mol. The summed E-state index contributed by atoms with van der Waals surface area (Å²) < 4.78 is 13.8. The molecule has 0 bridgehead atoms. The van der Waals surface area contributed by atoms with Crippen LogP contribution in [0, 0.1) is 19.8 Å². The van der Waals surface area contributed by atoms with Crippen molar-refractivity contribution in [1.29, 1.82) is 0 Å². The molecule has 0 unspecified atom stereocenters. The average molecular weight is 715 g/mol. The first-order chi connectivity index (χ1) is 25.7. The first-order valence-corrected chi connectivity index (χ1v) is 18.4. The standard InChI is InChI=1S/C20H21N5O.C16H13FN4O.C4H9N/c1-11-19(23-12-4-2-5-12)25-18-13(6-3-7-16(18)22-11)17-10-14-15(24-17)8-9-21-20(14)26;1-8-15(17)21-14-9(3-2-4-12(14)19-8)13-7-10-11(20-13)5-6-18-16(10)22;5-4-2-1-3-4/h3,6-7,10,12,24H,2,4-5,8-9H2,1H3,(H,21,26)(H,23,25);2-4,7,20H,5-6H2,1H3,(H,18,22);4H,1-3,5H2. The van der Waals surface area contributed by atoms with E-state index in [1.54, 1.807) is 19.1 Å². The number of amides is 2. The molecule has 2 aromatic carbocycles. The number of fused-ring (bicyclic) bond motifs is 4. The Morgan fingerprint density at radius 3 is 1.68 bits per heavy atom. The average Bonchev–Trinajstić information content (AvgIpc) is 3.76. The Kier molecular flexibility index (Phi) is 9.33. The second kappa shape index (κ2) is 14.4. The second-order valence-corrected chi connectivity index (χ2v) is 14.2. The maximum Gasteiger partial charge on any atom is 0.253 e. The number of nitrogens with two attached hydrogens (primary N) is 1. The molecule has 2 aliphatic carbocycles. The minimum Gasteiger partial charge on any atom is -0.366 e. The summed E-state index contributed by atoms with van der Waals surface area (Å²) in [6.07, 6.45) is 9.13. The van der Waals surface area contributed by atoms with Crippen LogP contribution in [0.4, 0.5) is 10.2 Å². The van der Waals surface area contributed by atoms with E-state index in [0.29, 0.717) is 41.8 Å². The molecule has 7 N–H and O–H groups in total. The van der Waals surface area contributed by atoms with Gasteiger partial charge >= 0.3 is 0 Å². The zero-order valence-corrected chi connectivity index (χ0v) is 29.9. The van der Waals surface area contributed by atoms with Crippen LogP contribution in [0.15, 0.2) is 48.5 Å². The number of nitrogens with zero attached hydrogens (tertiary/aromatic N) is 4. The van der Waals surface area contributed by atoms with Crippen LogP contribution in [0.2, 0.25) is 0 Å². The van der Waals surface area contributed by atoms with Gasteiger partial charge in [-0.2, -0.15) is 4.39 Å². The van der Waals surface area contributed by atoms with Gasteiger partial charge in [-0.15, -0.1) is 0 Å². The molecule has 10 rings (SSSR count). The number of aromatic amines is 2. The van der Waals surface area contributed by atoms with Gasteiger partial charge in [0.2, 0.25) is 5.95 Å². The number of hydrogen-bond acceptors (Lipinski definition) is 8. The molecule has 0 atom stereocenters. The van der Waals surface area contributed by atoms with Crippen molar-refractivity contribution in [3.05, 3.63) is 88.4 Å². The lowest BCUT2D eigenvalue weighted by Crippen LogP contribution is -2.31. The van der Waals surface area contributed by atoms with Gasteiger partial charge in [0.25, 0.3) is 11.8 Å². The van der Waals surface area contributed by atoms with Gasteiger partial charge in [0.05, 0.1) is 33.5 Å². The topological polar surface area (TPSA) is 179 Å². The number of carbonyl (C=O) groups excluding carboxylic acids is 2. The number of para-hydroxylation sites is 2. The van der Waals surface area contributed by atoms with E-state index in [1.165, 1.54) is 38.5 Å². The number of aryl methyl sites for hydroxylation is 2. The Hall–Kier alpha value is -5.69. The summed E-state index contributed by atoms with van der Waals surface area (Å²) in [4.78, 5) is 48.5. The number of aromatic nitrogens is 6. The lowest BCUT2D eigenvalue weighted by Gasteiger charge is -2.27. The highest BCUT2D eigenvalue weighted by Crippen LogP contribution is 2.32. The molecular formula is C40H43FN10O2. The zero-order chi connectivity index (χ0) is 36.6. The summed E-state index contributed by atoms with van der Waals surface area (Å²) >= 11 is 0. The Morgan fingerprint density at radius 2 is 1.21 bits per heavy atom. The van der Waals surface area contributed by atoms with Crippen LogP contribution < -0.4 is 21.7 Å². The van der Waals surface area contributed by atoms with Gasteiger partial charge in [0.15, 0.2) is 0 Å². The highest BCUT2D eigenvalue weighted by atomic mass is 19.1. The van der Waals surface area contributed by atoms with Crippen LogP contribution in [0.1, 0.15) is 82.0 Å². The van der Waals surface area contributed by atoms with Gasteiger partial charge in [-0.25, -0.2) is 19.9 Å². The van der Waals surface area contributed by atoms with Gasteiger partial charge < -0.3 is 31.7 Å². The molecule has 2 saturated carbocycles. The van der Waals surface area contributed by atoms with Crippen LogP contribution in [-0.4, -0.2) is 66.9 Å². The molecule has 2 amide bonds. The van der Waals surface area contributed by atoms with Crippen LogP contribution in [0.3, 0.4) is 0 Å². The molecule has 4 aliphatic rings. The molecular weight excluding hydrogens is 672 g/mol. The van der Waals surface area contributed by atoms with E-state index in [9.17, 15) is 14.0 Å². The molecule has 0 saturated heterocycles. The van der Waals surface area contributed by atoms with Gasteiger partial charge in [-0.05, 0) is 70.2 Å². The third-order valence-electron chi connectivity index (χ3n) is 10.5. The van der Waals surface area contributed by atoms with Gasteiger partial charge in [-0.3, -0.25) is 9.59 Å². The molecule has 6 heterocycles. The Morgan fingerprint density at radius 1 is 0.698 bits per heavy atom. The van der Waals surface area contributed by atoms with Crippen molar-refractivity contribution in [2.24, 2.45) is 5.73 Å². The number of carbonyl (C=O) groups is 2. The number of nitrogens with one attached hydrogen (secondary N) is 5. The molecule has 0 spiro atoms. The molecule has 272 valence electrons. The zero-order valence-electron chi connectivity index (χ0n) is 29.9. The van der Waals surface area contributed by atoms with E-state index < -0.39 is 5.95 Å². The molecule has 2 aliphatic heterocycles. The maximum atomic E-state index is 13.8. The van der Waals surface area contributed by atoms with Crippen molar-refractivity contribution < 1.29 is 14.0 Å². The van der Waals surface area contributed by atoms with E-state index in [2.05, 4.69) is 35.9 Å². The van der Waals surface area contributed by atoms with Crippen LogP contribution in [0.25, 0.3) is 44.6 Å². The molecule has 12 nitrogen and oxygen atoms in total. The molecule has 6 aromatic rings. The van der Waals surface area contributed by atoms with E-state index in [1.807, 2.05) is 43.3 Å². The largest absolute Gasteiger partial charge is 0.366 e. The molecule has 0 radical (unpaired) electrons. The van der Waals surface area contributed by atoms with E-state index >= 15 is 0 Å². The monoisotopic (exact) mass is 714 g/mol. The Bertz CT molecular complexity index is 2360. The minimum absolute atomic E-state index is 0.0109. The molecule has 4 aromatic heterocycles. The lowest BCUT2D eigenvalue weighted by molar-refractivity contribution is 0.0937. The molecule has 13 heteroatoms. The third kappa shape index (κ3) is 6.96. The smallest absolute Gasteiger partial charge is 0.253 e. The Balaban J connectivity index is 0.000000135. The fraction of sp³-hybridized carbons (Fsp3) is 0.350. The summed E-state index contributed by atoms with van der Waals surface area (Å²) in [7, 11) is 0. The molecule has 2 fully saturated rings. The van der Waals surface area contributed by atoms with Crippen molar-refractivity contribution in [2.45, 2.75) is 77.3 Å². The van der Waals surface area contributed by atoms with E-state index in [-0.39, 0.29) is 17.5 Å². The summed E-state index contributed by atoms with van der Waals surface area (Å²) in [5.74, 6) is 0.193. The lowest BCUT2D eigenvalue weighted by atomic mass is 9.93. The van der Waals surface area contributed by atoms with Crippen molar-refractivity contribution in [3.8, 4) is 22.5 Å². The third-order valence-corrected chi connectivity index (χ3v) is 10.5. The van der Waals surface area contributed by atoms with Crippen LogP contribution >= 0.6 is 0 Å². The van der Waals surface area contributed by atoms with Crippen molar-refractivity contribution >= 4 is 39.7 Å². The second-order valence-electron chi connectivity index (χ2n) is 14.2. The van der Waals surface area contributed by atoms with Gasteiger partial charge in [0.1, 0.15) is 16.9 Å². The fourth-order valence-electron chi connectivity index (χ4n) is 6.94. The maximum absolute atomic E-state index is 13.8. The summed E-state index contributed by atoms with van der Waals surface area (Å²) in [5.41, 5.74) is 16.1. The highest BCUT2D eigenvalue weighted by Gasteiger charge is 2.24. The Labute approximate surface area is 306 Å². The summed E-state index contributed by atoms with van der Waals surface area (Å²) in [6, 6.07) is 16.3. The number of benzene rings is 2. The van der Waals surface area contributed by atoms with Crippen molar-refractivity contribution in [2.75, 3.05) is 18.4 Å². The number of H-pyrrole nitrogens is 2. The fourth-order valence-corrected chi connectivity index (χ4v) is 6.94. The van der Waals surface area contributed by atoms with E-state index in [0.717, 1.165) is 74.9 Å². The summed E-state index contributed by atoms with van der Waals surface area (Å²) in [5, 5.41) is 9.23. The summed E-state index contributed by atoms with van der Waals surface area (Å²) in [6.45, 7) is 4.88. The first-order valence-electron chi connectivity index (χ1n) is 18.4. The van der Waals surface area contributed by atoms with Gasteiger partial charge in [-0.1, -0.05) is 30.7 Å². The van der Waals surface area contributed by atoms with Crippen molar-refractivity contribution in [3.63, 3.8) is 0 Å². The predicted octanol–water partition coefficient (Wildman–Crippen LogP) is 6.04. The first kappa shape index (κ1) is 34.4. The molecule has 53 heavy (non-hydrogen) atoms.